The number of halogens is 3. The van der Waals surface area contributed by atoms with Gasteiger partial charge in [-0.25, -0.2) is 4.39 Å². The topological polar surface area (TPSA) is 45.7 Å². The van der Waals surface area contributed by atoms with Gasteiger partial charge in [0.25, 0.3) is 0 Å². The highest BCUT2D eigenvalue weighted by Crippen LogP contribution is 2.14. The number of benzene rings is 1. The van der Waals surface area contributed by atoms with Crippen molar-refractivity contribution in [2.45, 2.75) is 13.0 Å². The molecule has 21 heavy (non-hydrogen) atoms. The molecule has 1 heterocycles. The molecule has 1 unspecified atom stereocenters. The van der Waals surface area contributed by atoms with Crippen molar-refractivity contribution in [3.05, 3.63) is 34.1 Å². The monoisotopic (exact) mass is 471 g/mol. The Morgan fingerprint density at radius 1 is 1.43 bits per heavy atom. The highest BCUT2D eigenvalue weighted by atomic mass is 127. The van der Waals surface area contributed by atoms with Crippen LogP contribution in [0, 0.1) is 11.7 Å². The Balaban J connectivity index is 0.00000220. The van der Waals surface area contributed by atoms with Crippen LogP contribution >= 0.6 is 39.9 Å². The third kappa shape index (κ3) is 6.48. The normalized spacial score (nSPS) is 18.2. The maximum absolute atomic E-state index is 13.3. The molecule has 1 aliphatic heterocycles. The number of rotatable bonds is 4. The third-order valence-corrected chi connectivity index (χ3v) is 3.65. The summed E-state index contributed by atoms with van der Waals surface area (Å²) < 4.78 is 19.3. The first-order valence-corrected chi connectivity index (χ1v) is 7.44. The second kappa shape index (κ2) is 9.58. The van der Waals surface area contributed by atoms with Crippen LogP contribution in [0.25, 0.3) is 0 Å². The van der Waals surface area contributed by atoms with Gasteiger partial charge in [-0.2, -0.15) is 0 Å². The van der Waals surface area contributed by atoms with E-state index < -0.39 is 0 Å². The molecule has 0 saturated carbocycles. The van der Waals surface area contributed by atoms with E-state index in [1.54, 1.807) is 7.05 Å². The summed E-state index contributed by atoms with van der Waals surface area (Å²) in [5.74, 6) is 1.01. The predicted octanol–water partition coefficient (Wildman–Crippen LogP) is 2.91. The fraction of sp³-hybridized carbons (Fsp3) is 0.500. The van der Waals surface area contributed by atoms with Crippen molar-refractivity contribution < 1.29 is 9.13 Å². The van der Waals surface area contributed by atoms with E-state index in [4.69, 9.17) is 4.74 Å². The van der Waals surface area contributed by atoms with Crippen LogP contribution in [0.5, 0.6) is 0 Å². The summed E-state index contributed by atoms with van der Waals surface area (Å²) in [6.45, 7) is 3.01. The van der Waals surface area contributed by atoms with Crippen molar-refractivity contribution in [3.63, 3.8) is 0 Å². The Bertz CT molecular complexity index is 461. The zero-order valence-electron chi connectivity index (χ0n) is 11.9. The minimum atomic E-state index is -0.248. The van der Waals surface area contributed by atoms with Crippen LogP contribution in [0.15, 0.2) is 27.7 Å². The first-order valence-electron chi connectivity index (χ1n) is 6.64. The van der Waals surface area contributed by atoms with Crippen LogP contribution in [0.1, 0.15) is 12.0 Å². The molecule has 4 nitrogen and oxygen atoms in total. The highest BCUT2D eigenvalue weighted by molar-refractivity contribution is 14.0. The molecule has 1 atom stereocenters. The Labute approximate surface area is 150 Å². The summed E-state index contributed by atoms with van der Waals surface area (Å²) in [4.78, 5) is 4.16. The Morgan fingerprint density at radius 2 is 2.24 bits per heavy atom. The molecule has 0 aliphatic carbocycles. The van der Waals surface area contributed by atoms with E-state index in [-0.39, 0.29) is 29.8 Å². The standard InChI is InChI=1S/C14H19BrFN3O.HI/c1-17-14(18-7-10-2-3-20-9-10)19-8-11-4-12(15)6-13(16)5-11;/h4-6,10H,2-3,7-9H2,1H3,(H2,17,18,19);1H. The summed E-state index contributed by atoms with van der Waals surface area (Å²) in [5.41, 5.74) is 0.865. The molecule has 2 rings (SSSR count). The minimum Gasteiger partial charge on any atom is -0.381 e. The molecule has 0 bridgehead atoms. The van der Waals surface area contributed by atoms with Gasteiger partial charge < -0.3 is 15.4 Å². The number of hydrogen-bond acceptors (Lipinski definition) is 2. The van der Waals surface area contributed by atoms with Gasteiger partial charge >= 0.3 is 0 Å². The molecule has 2 N–H and O–H groups in total. The van der Waals surface area contributed by atoms with Crippen LogP contribution in [-0.4, -0.2) is 32.8 Å². The predicted molar refractivity (Wildman–Crippen MR) is 96.6 cm³/mol. The molecule has 1 aliphatic rings. The van der Waals surface area contributed by atoms with E-state index in [0.29, 0.717) is 12.5 Å². The average molecular weight is 472 g/mol. The van der Waals surface area contributed by atoms with E-state index in [1.165, 1.54) is 12.1 Å². The van der Waals surface area contributed by atoms with Gasteiger partial charge in [0.1, 0.15) is 5.82 Å². The molecule has 0 aromatic heterocycles. The summed E-state index contributed by atoms with van der Waals surface area (Å²) in [5, 5.41) is 6.44. The lowest BCUT2D eigenvalue weighted by Crippen LogP contribution is -2.39. The van der Waals surface area contributed by atoms with Gasteiger partial charge in [-0.3, -0.25) is 4.99 Å². The molecule has 7 heteroatoms. The number of ether oxygens (including phenoxy) is 1. The zero-order valence-corrected chi connectivity index (χ0v) is 15.8. The number of guanidine groups is 1. The van der Waals surface area contributed by atoms with Crippen molar-refractivity contribution in [1.29, 1.82) is 0 Å². The molecule has 0 amide bonds. The molecule has 1 aromatic rings. The SMILES string of the molecule is CN=C(NCc1cc(F)cc(Br)c1)NCC1CCOC1.I. The van der Waals surface area contributed by atoms with Crippen molar-refractivity contribution in [1.82, 2.24) is 10.6 Å². The van der Waals surface area contributed by atoms with Gasteiger partial charge in [0, 0.05) is 37.1 Å². The summed E-state index contributed by atoms with van der Waals surface area (Å²) in [6, 6.07) is 4.83. The van der Waals surface area contributed by atoms with Crippen LogP contribution in [0.3, 0.4) is 0 Å². The van der Waals surface area contributed by atoms with E-state index in [9.17, 15) is 4.39 Å². The number of aliphatic imine (C=N–C) groups is 1. The third-order valence-electron chi connectivity index (χ3n) is 3.19. The molecular formula is C14H20BrFIN3O. The van der Waals surface area contributed by atoms with E-state index in [1.807, 2.05) is 6.07 Å². The summed E-state index contributed by atoms with van der Waals surface area (Å²) >= 11 is 3.28. The number of nitrogens with one attached hydrogen (secondary N) is 2. The lowest BCUT2D eigenvalue weighted by molar-refractivity contribution is 0.186. The van der Waals surface area contributed by atoms with Crippen molar-refractivity contribution >= 4 is 45.9 Å². The number of hydrogen-bond donors (Lipinski definition) is 2. The van der Waals surface area contributed by atoms with Crippen LogP contribution < -0.4 is 10.6 Å². The van der Waals surface area contributed by atoms with Gasteiger partial charge in [0.05, 0.1) is 6.61 Å². The average Bonchev–Trinajstić information content (AvgIpc) is 2.91. The maximum Gasteiger partial charge on any atom is 0.191 e. The van der Waals surface area contributed by atoms with Gasteiger partial charge in [-0.15, -0.1) is 24.0 Å². The Kier molecular flexibility index (Phi) is 8.50. The van der Waals surface area contributed by atoms with Gasteiger partial charge in [-0.1, -0.05) is 15.9 Å². The summed E-state index contributed by atoms with van der Waals surface area (Å²) in [6.07, 6.45) is 1.08. The van der Waals surface area contributed by atoms with Crippen molar-refractivity contribution in [2.75, 3.05) is 26.8 Å². The van der Waals surface area contributed by atoms with Crippen molar-refractivity contribution in [2.24, 2.45) is 10.9 Å². The van der Waals surface area contributed by atoms with Gasteiger partial charge in [0.2, 0.25) is 0 Å². The molecule has 0 spiro atoms. The highest BCUT2D eigenvalue weighted by Gasteiger charge is 2.15. The quantitative estimate of drug-likeness (QED) is 0.403. The zero-order chi connectivity index (χ0) is 14.4. The second-order valence-corrected chi connectivity index (χ2v) is 5.73. The van der Waals surface area contributed by atoms with Gasteiger partial charge in [0.15, 0.2) is 5.96 Å². The number of nitrogens with zero attached hydrogens (tertiary/aromatic N) is 1. The maximum atomic E-state index is 13.3. The fourth-order valence-corrected chi connectivity index (χ4v) is 2.62. The lowest BCUT2D eigenvalue weighted by atomic mass is 10.1. The fourth-order valence-electron chi connectivity index (χ4n) is 2.10. The first kappa shape index (κ1) is 18.6. The molecule has 118 valence electrons. The Morgan fingerprint density at radius 3 is 2.86 bits per heavy atom. The first-order chi connectivity index (χ1) is 9.67. The van der Waals surface area contributed by atoms with Crippen LogP contribution in [0.2, 0.25) is 0 Å². The van der Waals surface area contributed by atoms with E-state index in [0.717, 1.165) is 42.2 Å². The van der Waals surface area contributed by atoms with E-state index >= 15 is 0 Å². The van der Waals surface area contributed by atoms with Gasteiger partial charge in [-0.05, 0) is 30.2 Å². The molecule has 1 saturated heterocycles. The van der Waals surface area contributed by atoms with Crippen molar-refractivity contribution in [3.8, 4) is 0 Å². The smallest absolute Gasteiger partial charge is 0.191 e. The van der Waals surface area contributed by atoms with E-state index in [2.05, 4.69) is 31.6 Å². The largest absolute Gasteiger partial charge is 0.381 e. The molecule has 1 aromatic carbocycles. The minimum absolute atomic E-state index is 0. The summed E-state index contributed by atoms with van der Waals surface area (Å²) in [7, 11) is 1.72. The second-order valence-electron chi connectivity index (χ2n) is 4.81. The molecule has 1 fully saturated rings. The van der Waals surface area contributed by atoms with Crippen LogP contribution in [-0.2, 0) is 11.3 Å². The molecular weight excluding hydrogens is 452 g/mol. The Hall–Kier alpha value is -0.410. The lowest BCUT2D eigenvalue weighted by Gasteiger charge is -2.14. The van der Waals surface area contributed by atoms with Crippen LogP contribution in [0.4, 0.5) is 4.39 Å². The molecule has 0 radical (unpaired) electrons.